The summed E-state index contributed by atoms with van der Waals surface area (Å²) in [6.07, 6.45) is 7.78. The maximum Gasteiger partial charge on any atom is 0.123 e. The van der Waals surface area contributed by atoms with E-state index in [9.17, 15) is 0 Å². The fourth-order valence-corrected chi connectivity index (χ4v) is 2.34. The van der Waals surface area contributed by atoms with Crippen molar-refractivity contribution in [2.75, 3.05) is 6.61 Å². The Balaban J connectivity index is 2.41. The molecule has 2 rings (SSSR count). The van der Waals surface area contributed by atoms with Crippen LogP contribution < -0.4 is 4.74 Å². The summed E-state index contributed by atoms with van der Waals surface area (Å²) in [6.45, 7) is 7.25. The molecule has 1 aromatic rings. The largest absolute Gasteiger partial charge is 0.494 e. The molecule has 17 heavy (non-hydrogen) atoms. The molecule has 1 nitrogen and oxygen atoms in total. The number of hydrogen-bond acceptors (Lipinski definition) is 1. The Hall–Kier alpha value is -1.50. The average Bonchev–Trinajstić information content (AvgIpc) is 2.84. The van der Waals surface area contributed by atoms with Crippen molar-refractivity contribution in [2.24, 2.45) is 0 Å². The monoisotopic (exact) mass is 228 g/mol. The molecule has 1 aliphatic carbocycles. The van der Waals surface area contributed by atoms with Gasteiger partial charge in [-0.05, 0) is 25.0 Å². The summed E-state index contributed by atoms with van der Waals surface area (Å²) >= 11 is 0. The van der Waals surface area contributed by atoms with Crippen LogP contribution in [0.1, 0.15) is 32.8 Å². The molecule has 1 aromatic carbocycles. The molecule has 0 amide bonds. The molecule has 0 atom stereocenters. The highest BCUT2D eigenvalue weighted by molar-refractivity contribution is 5.48. The molecular formula is C16H20O. The van der Waals surface area contributed by atoms with Gasteiger partial charge >= 0.3 is 0 Å². The van der Waals surface area contributed by atoms with E-state index in [1.165, 1.54) is 11.1 Å². The summed E-state index contributed by atoms with van der Waals surface area (Å²) in [4.78, 5) is 0. The van der Waals surface area contributed by atoms with E-state index < -0.39 is 0 Å². The normalized spacial score (nSPS) is 14.9. The molecule has 0 fully saturated rings. The fourth-order valence-electron chi connectivity index (χ4n) is 2.34. The molecule has 0 spiro atoms. The quantitative estimate of drug-likeness (QED) is 0.748. The smallest absolute Gasteiger partial charge is 0.123 e. The molecule has 0 aliphatic heterocycles. The summed E-state index contributed by atoms with van der Waals surface area (Å²) in [5.41, 5.74) is 2.66. The summed E-state index contributed by atoms with van der Waals surface area (Å²) < 4.78 is 5.73. The highest BCUT2D eigenvalue weighted by Gasteiger charge is 2.27. The predicted molar refractivity (Wildman–Crippen MR) is 72.5 cm³/mol. The van der Waals surface area contributed by atoms with Crippen molar-refractivity contribution in [3.8, 4) is 5.75 Å². The van der Waals surface area contributed by atoms with Crippen LogP contribution in [0, 0.1) is 0 Å². The Morgan fingerprint density at radius 1 is 1.24 bits per heavy atom. The number of benzene rings is 1. The van der Waals surface area contributed by atoms with Crippen LogP contribution in [0.25, 0.3) is 0 Å². The number of rotatable bonds is 4. The van der Waals surface area contributed by atoms with E-state index in [2.05, 4.69) is 50.3 Å². The van der Waals surface area contributed by atoms with Crippen LogP contribution in [0.4, 0.5) is 0 Å². The molecule has 0 radical (unpaired) electrons. The van der Waals surface area contributed by atoms with Crippen LogP contribution in [0.3, 0.4) is 0 Å². The van der Waals surface area contributed by atoms with Gasteiger partial charge in [-0.25, -0.2) is 0 Å². The van der Waals surface area contributed by atoms with E-state index in [0.29, 0.717) is 6.61 Å². The van der Waals surface area contributed by atoms with Crippen molar-refractivity contribution < 1.29 is 4.74 Å². The van der Waals surface area contributed by atoms with Crippen LogP contribution in [0.15, 0.2) is 48.1 Å². The first-order valence-electron chi connectivity index (χ1n) is 6.25. The van der Waals surface area contributed by atoms with E-state index in [-0.39, 0.29) is 5.41 Å². The molecule has 0 unspecified atom stereocenters. The molecule has 0 saturated carbocycles. The first-order valence-corrected chi connectivity index (χ1v) is 6.25. The minimum absolute atomic E-state index is 0.0127. The molecule has 1 aliphatic rings. The zero-order valence-electron chi connectivity index (χ0n) is 10.9. The lowest BCUT2D eigenvalue weighted by Gasteiger charge is -2.28. The lowest BCUT2D eigenvalue weighted by atomic mass is 9.77. The van der Waals surface area contributed by atoms with Crippen LogP contribution in [0.5, 0.6) is 5.75 Å². The van der Waals surface area contributed by atoms with Gasteiger partial charge in [0.2, 0.25) is 0 Å². The van der Waals surface area contributed by atoms with Crippen molar-refractivity contribution in [1.82, 2.24) is 0 Å². The number of ether oxygens (including phenoxy) is 1. The van der Waals surface area contributed by atoms with E-state index in [1.807, 2.05) is 13.0 Å². The molecule has 0 bridgehead atoms. The van der Waals surface area contributed by atoms with Crippen LogP contribution in [-0.4, -0.2) is 6.61 Å². The first kappa shape index (κ1) is 12.0. The Labute approximate surface area is 104 Å². The lowest BCUT2D eigenvalue weighted by Crippen LogP contribution is -2.20. The van der Waals surface area contributed by atoms with Gasteiger partial charge in [0.15, 0.2) is 0 Å². The van der Waals surface area contributed by atoms with Gasteiger partial charge in [0.05, 0.1) is 6.61 Å². The van der Waals surface area contributed by atoms with Crippen LogP contribution in [0.2, 0.25) is 0 Å². The third-order valence-electron chi connectivity index (χ3n) is 3.35. The van der Waals surface area contributed by atoms with Gasteiger partial charge in [0, 0.05) is 11.0 Å². The van der Waals surface area contributed by atoms with E-state index in [4.69, 9.17) is 4.74 Å². The maximum atomic E-state index is 5.73. The van der Waals surface area contributed by atoms with Gasteiger partial charge in [0.1, 0.15) is 5.75 Å². The summed E-state index contributed by atoms with van der Waals surface area (Å²) in [7, 11) is 0. The highest BCUT2D eigenvalue weighted by atomic mass is 16.5. The summed E-state index contributed by atoms with van der Waals surface area (Å²) in [5, 5.41) is 0. The number of allylic oxidation sites excluding steroid dienone is 4. The minimum atomic E-state index is 0.0127. The standard InChI is InChI=1S/C16H20O/c1-4-17-15-12-8-7-11-14(15)16(2,3)13-9-5-6-10-13/h5,7-12H,4,6H2,1-3H3. The second-order valence-corrected chi connectivity index (χ2v) is 4.85. The molecule has 0 heterocycles. The summed E-state index contributed by atoms with van der Waals surface area (Å²) in [5.74, 6) is 1.00. The van der Waals surface area contributed by atoms with Gasteiger partial charge in [-0.15, -0.1) is 0 Å². The maximum absolute atomic E-state index is 5.73. The van der Waals surface area contributed by atoms with Gasteiger partial charge in [-0.1, -0.05) is 50.3 Å². The van der Waals surface area contributed by atoms with Crippen LogP contribution >= 0.6 is 0 Å². The average molecular weight is 228 g/mol. The van der Waals surface area contributed by atoms with E-state index in [1.54, 1.807) is 0 Å². The molecular weight excluding hydrogens is 208 g/mol. The van der Waals surface area contributed by atoms with Gasteiger partial charge < -0.3 is 4.74 Å². The minimum Gasteiger partial charge on any atom is -0.494 e. The van der Waals surface area contributed by atoms with Crippen molar-refractivity contribution in [2.45, 2.75) is 32.6 Å². The van der Waals surface area contributed by atoms with Gasteiger partial charge in [-0.3, -0.25) is 0 Å². The SMILES string of the molecule is CCOc1ccccc1C(C)(C)C1=CCC=C1. The zero-order chi connectivity index (χ0) is 12.3. The molecule has 0 N–H and O–H groups in total. The third-order valence-corrected chi connectivity index (χ3v) is 3.35. The van der Waals surface area contributed by atoms with Crippen LogP contribution in [-0.2, 0) is 5.41 Å². The number of para-hydroxylation sites is 1. The molecule has 0 aromatic heterocycles. The van der Waals surface area contributed by atoms with Crippen molar-refractivity contribution >= 4 is 0 Å². The molecule has 0 saturated heterocycles. The van der Waals surface area contributed by atoms with E-state index in [0.717, 1.165) is 12.2 Å². The van der Waals surface area contributed by atoms with Gasteiger partial charge in [0.25, 0.3) is 0 Å². The highest BCUT2D eigenvalue weighted by Crippen LogP contribution is 2.39. The van der Waals surface area contributed by atoms with Crippen molar-refractivity contribution in [1.29, 1.82) is 0 Å². The lowest BCUT2D eigenvalue weighted by molar-refractivity contribution is 0.331. The zero-order valence-corrected chi connectivity index (χ0v) is 10.9. The summed E-state index contributed by atoms with van der Waals surface area (Å²) in [6, 6.07) is 8.33. The first-order chi connectivity index (χ1) is 8.16. The number of hydrogen-bond donors (Lipinski definition) is 0. The Kier molecular flexibility index (Phi) is 3.37. The second-order valence-electron chi connectivity index (χ2n) is 4.85. The molecule has 1 heteroatoms. The second kappa shape index (κ2) is 4.79. The Bertz CT molecular complexity index is 452. The van der Waals surface area contributed by atoms with Gasteiger partial charge in [-0.2, -0.15) is 0 Å². The third kappa shape index (κ3) is 2.28. The van der Waals surface area contributed by atoms with Crippen molar-refractivity contribution in [3.05, 3.63) is 53.6 Å². The Morgan fingerprint density at radius 3 is 2.65 bits per heavy atom. The molecule has 90 valence electrons. The van der Waals surface area contributed by atoms with Crippen molar-refractivity contribution in [3.63, 3.8) is 0 Å². The fraction of sp³-hybridized carbons (Fsp3) is 0.375. The predicted octanol–water partition coefficient (Wildman–Crippen LogP) is 4.25. The Morgan fingerprint density at radius 2 is 2.00 bits per heavy atom. The topological polar surface area (TPSA) is 9.23 Å². The van der Waals surface area contributed by atoms with E-state index >= 15 is 0 Å².